The van der Waals surface area contributed by atoms with Crippen molar-refractivity contribution in [3.63, 3.8) is 0 Å². The van der Waals surface area contributed by atoms with Gasteiger partial charge in [0, 0.05) is 57.3 Å². The zero-order valence-electron chi connectivity index (χ0n) is 19.4. The van der Waals surface area contributed by atoms with Gasteiger partial charge in [-0.3, -0.25) is 19.7 Å². The molecule has 0 bridgehead atoms. The van der Waals surface area contributed by atoms with Crippen molar-refractivity contribution in [2.45, 2.75) is 25.7 Å². The van der Waals surface area contributed by atoms with E-state index in [1.54, 1.807) is 29.0 Å². The summed E-state index contributed by atoms with van der Waals surface area (Å²) >= 11 is 0. The number of nitro benzene ring substituents is 1. The number of anilines is 1. The predicted octanol–water partition coefficient (Wildman–Crippen LogP) is 3.12. The van der Waals surface area contributed by atoms with Gasteiger partial charge in [0.05, 0.1) is 12.0 Å². The van der Waals surface area contributed by atoms with Gasteiger partial charge in [0.25, 0.3) is 11.6 Å². The van der Waals surface area contributed by atoms with Crippen LogP contribution in [0.1, 0.15) is 35.2 Å². The number of methoxy groups -OCH3 is 1. The van der Waals surface area contributed by atoms with Crippen LogP contribution in [0.25, 0.3) is 0 Å². The topological polar surface area (TPSA) is 96.2 Å². The van der Waals surface area contributed by atoms with Gasteiger partial charge in [-0.25, -0.2) is 0 Å². The third-order valence-corrected chi connectivity index (χ3v) is 6.57. The molecule has 0 aliphatic carbocycles. The minimum atomic E-state index is -0.413. The zero-order valence-corrected chi connectivity index (χ0v) is 19.4. The van der Waals surface area contributed by atoms with E-state index < -0.39 is 4.92 Å². The van der Waals surface area contributed by atoms with Crippen LogP contribution in [-0.2, 0) is 11.2 Å². The molecule has 0 atom stereocenters. The summed E-state index contributed by atoms with van der Waals surface area (Å²) in [7, 11) is 1.62. The highest BCUT2D eigenvalue weighted by atomic mass is 16.6. The van der Waals surface area contributed by atoms with E-state index in [4.69, 9.17) is 4.74 Å². The van der Waals surface area contributed by atoms with E-state index in [1.165, 1.54) is 6.07 Å². The van der Waals surface area contributed by atoms with E-state index in [1.807, 2.05) is 29.2 Å². The number of hydrogen-bond acceptors (Lipinski definition) is 6. The highest BCUT2D eigenvalue weighted by molar-refractivity contribution is 5.96. The third kappa shape index (κ3) is 5.30. The molecule has 34 heavy (non-hydrogen) atoms. The number of amides is 2. The molecule has 9 nitrogen and oxygen atoms in total. The summed E-state index contributed by atoms with van der Waals surface area (Å²) < 4.78 is 5.16. The number of rotatable bonds is 7. The van der Waals surface area contributed by atoms with Crippen LogP contribution in [0, 0.1) is 10.1 Å². The molecule has 0 spiro atoms. The summed E-state index contributed by atoms with van der Waals surface area (Å²) in [6, 6.07) is 12.4. The lowest BCUT2D eigenvalue weighted by molar-refractivity contribution is -0.384. The summed E-state index contributed by atoms with van der Waals surface area (Å²) in [5, 5.41) is 11.6. The zero-order chi connectivity index (χ0) is 24.1. The van der Waals surface area contributed by atoms with Gasteiger partial charge < -0.3 is 19.4 Å². The molecule has 2 amide bonds. The van der Waals surface area contributed by atoms with Crippen molar-refractivity contribution in [1.82, 2.24) is 9.80 Å². The highest BCUT2D eigenvalue weighted by Crippen LogP contribution is 2.32. The highest BCUT2D eigenvalue weighted by Gasteiger charge is 2.28. The van der Waals surface area contributed by atoms with Crippen LogP contribution >= 0.6 is 0 Å². The molecule has 0 N–H and O–H groups in total. The average Bonchev–Trinajstić information content (AvgIpc) is 3.42. The molecule has 2 heterocycles. The van der Waals surface area contributed by atoms with Crippen molar-refractivity contribution in [1.29, 1.82) is 0 Å². The SMILES string of the molecule is COc1ccc(CCC(=O)N2CCN(C(=O)c3ccc(N4CCCC4)c([N+](=O)[O-])c3)CC2)cc1. The molecule has 180 valence electrons. The van der Waals surface area contributed by atoms with Crippen molar-refractivity contribution in [3.8, 4) is 5.75 Å². The van der Waals surface area contributed by atoms with Crippen LogP contribution in [0.5, 0.6) is 5.75 Å². The second kappa shape index (κ2) is 10.5. The number of ether oxygens (including phenoxy) is 1. The minimum Gasteiger partial charge on any atom is -0.497 e. The van der Waals surface area contributed by atoms with Crippen LogP contribution in [0.2, 0.25) is 0 Å². The molecular formula is C25H30N4O5. The maximum Gasteiger partial charge on any atom is 0.293 e. The van der Waals surface area contributed by atoms with E-state index in [0.717, 1.165) is 37.2 Å². The van der Waals surface area contributed by atoms with Gasteiger partial charge in [-0.2, -0.15) is 0 Å². The number of aryl methyl sites for hydroxylation is 1. The van der Waals surface area contributed by atoms with Gasteiger partial charge in [-0.15, -0.1) is 0 Å². The first-order chi connectivity index (χ1) is 16.5. The van der Waals surface area contributed by atoms with E-state index in [9.17, 15) is 19.7 Å². The number of hydrogen-bond donors (Lipinski definition) is 0. The molecule has 2 aromatic carbocycles. The van der Waals surface area contributed by atoms with Crippen molar-refractivity contribution in [2.24, 2.45) is 0 Å². The lowest BCUT2D eigenvalue weighted by Gasteiger charge is -2.35. The van der Waals surface area contributed by atoms with Crippen molar-refractivity contribution >= 4 is 23.2 Å². The van der Waals surface area contributed by atoms with Gasteiger partial charge in [0.2, 0.25) is 5.91 Å². The number of nitrogens with zero attached hydrogens (tertiary/aromatic N) is 4. The Hall–Kier alpha value is -3.62. The van der Waals surface area contributed by atoms with Crippen LogP contribution < -0.4 is 9.64 Å². The molecule has 2 saturated heterocycles. The molecule has 0 radical (unpaired) electrons. The second-order valence-electron chi connectivity index (χ2n) is 8.68. The smallest absolute Gasteiger partial charge is 0.293 e. The van der Waals surface area contributed by atoms with Gasteiger partial charge in [-0.1, -0.05) is 12.1 Å². The Kier molecular flexibility index (Phi) is 7.30. The fraction of sp³-hybridized carbons (Fsp3) is 0.440. The monoisotopic (exact) mass is 466 g/mol. The van der Waals surface area contributed by atoms with Gasteiger partial charge >= 0.3 is 0 Å². The van der Waals surface area contributed by atoms with E-state index in [0.29, 0.717) is 50.3 Å². The molecule has 9 heteroatoms. The fourth-order valence-electron chi connectivity index (χ4n) is 4.57. The standard InChI is InChI=1S/C25H30N4O5/c1-34-21-8-4-19(5-9-21)6-11-24(30)27-14-16-28(17-15-27)25(31)20-7-10-22(23(18-20)29(32)33)26-12-2-3-13-26/h4-5,7-10,18H,2-3,6,11-17H2,1H3. The summed E-state index contributed by atoms with van der Waals surface area (Å²) in [6.45, 7) is 3.33. The van der Waals surface area contributed by atoms with E-state index in [-0.39, 0.29) is 17.5 Å². The molecule has 0 saturated carbocycles. The Morgan fingerprint density at radius 2 is 1.59 bits per heavy atom. The van der Waals surface area contributed by atoms with Crippen LogP contribution in [-0.4, -0.2) is 72.9 Å². The Labute approximate surface area is 199 Å². The molecule has 4 rings (SSSR count). The lowest BCUT2D eigenvalue weighted by atomic mass is 10.1. The summed E-state index contributed by atoms with van der Waals surface area (Å²) in [5.74, 6) is 0.613. The summed E-state index contributed by atoms with van der Waals surface area (Å²) in [5.41, 5.74) is 1.93. The first-order valence-electron chi connectivity index (χ1n) is 11.7. The van der Waals surface area contributed by atoms with Crippen LogP contribution in [0.3, 0.4) is 0 Å². The van der Waals surface area contributed by atoms with Gasteiger partial charge in [-0.05, 0) is 49.1 Å². The molecule has 2 aromatic rings. The molecule has 2 aliphatic heterocycles. The number of nitro groups is 1. The third-order valence-electron chi connectivity index (χ3n) is 6.57. The largest absolute Gasteiger partial charge is 0.497 e. The summed E-state index contributed by atoms with van der Waals surface area (Å²) in [6.07, 6.45) is 3.08. The van der Waals surface area contributed by atoms with Crippen molar-refractivity contribution < 1.29 is 19.2 Å². The maximum absolute atomic E-state index is 13.0. The molecule has 2 aliphatic rings. The second-order valence-corrected chi connectivity index (χ2v) is 8.68. The van der Waals surface area contributed by atoms with Crippen molar-refractivity contribution in [2.75, 3.05) is 51.3 Å². The van der Waals surface area contributed by atoms with Gasteiger partial charge in [0.1, 0.15) is 11.4 Å². The van der Waals surface area contributed by atoms with Crippen molar-refractivity contribution in [3.05, 3.63) is 63.7 Å². The Balaban J connectivity index is 1.32. The fourth-order valence-corrected chi connectivity index (χ4v) is 4.57. The van der Waals surface area contributed by atoms with Crippen LogP contribution in [0.4, 0.5) is 11.4 Å². The Morgan fingerprint density at radius 3 is 2.21 bits per heavy atom. The number of carbonyl (C=O) groups is 2. The summed E-state index contributed by atoms with van der Waals surface area (Å²) in [4.78, 5) is 42.4. The van der Waals surface area contributed by atoms with Crippen LogP contribution in [0.15, 0.2) is 42.5 Å². The molecule has 0 unspecified atom stereocenters. The number of piperazine rings is 1. The van der Waals surface area contributed by atoms with E-state index >= 15 is 0 Å². The minimum absolute atomic E-state index is 0.0277. The average molecular weight is 467 g/mol. The Bertz CT molecular complexity index is 1040. The normalized spacial score (nSPS) is 16.0. The van der Waals surface area contributed by atoms with E-state index in [2.05, 4.69) is 0 Å². The molecule has 0 aromatic heterocycles. The predicted molar refractivity (Wildman–Crippen MR) is 128 cm³/mol. The number of benzene rings is 2. The lowest BCUT2D eigenvalue weighted by Crippen LogP contribution is -2.50. The van der Waals surface area contributed by atoms with Gasteiger partial charge in [0.15, 0.2) is 0 Å². The maximum atomic E-state index is 13.0. The number of carbonyl (C=O) groups excluding carboxylic acids is 2. The Morgan fingerprint density at radius 1 is 0.941 bits per heavy atom. The molecule has 2 fully saturated rings. The quantitative estimate of drug-likeness (QED) is 0.460. The molecular weight excluding hydrogens is 436 g/mol. The first kappa shape index (κ1) is 23.5. The first-order valence-corrected chi connectivity index (χ1v) is 11.7.